The molecule has 1 unspecified atom stereocenters. The Morgan fingerprint density at radius 2 is 2.18 bits per heavy atom. The van der Waals surface area contributed by atoms with Crippen LogP contribution in [0.5, 0.6) is 0 Å². The summed E-state index contributed by atoms with van der Waals surface area (Å²) < 4.78 is 18.8. The molecular weight excluding hydrogens is 303 g/mol. The second kappa shape index (κ2) is 7.78. The molecular formula is C16H21FN2O2S. The van der Waals surface area contributed by atoms with Gasteiger partial charge in [0, 0.05) is 23.7 Å². The number of aliphatic hydroxyl groups excluding tert-OH is 1. The Balaban J connectivity index is 1.72. The average Bonchev–Trinajstić information content (AvgIpc) is 3.02. The highest BCUT2D eigenvalue weighted by Crippen LogP contribution is 2.21. The van der Waals surface area contributed by atoms with Gasteiger partial charge in [-0.1, -0.05) is 18.2 Å². The Labute approximate surface area is 134 Å². The first-order valence-corrected chi connectivity index (χ1v) is 8.01. The van der Waals surface area contributed by atoms with Crippen LogP contribution in [0.15, 0.2) is 35.8 Å². The minimum absolute atomic E-state index is 0.148. The lowest BCUT2D eigenvalue weighted by Crippen LogP contribution is -2.42. The predicted molar refractivity (Wildman–Crippen MR) is 85.2 cm³/mol. The average molecular weight is 324 g/mol. The number of hydrogen-bond acceptors (Lipinski definition) is 5. The lowest BCUT2D eigenvalue weighted by atomic mass is 10.1. The molecule has 4 nitrogen and oxygen atoms in total. The van der Waals surface area contributed by atoms with Crippen molar-refractivity contribution in [2.75, 3.05) is 13.2 Å². The third-order valence-electron chi connectivity index (χ3n) is 3.27. The van der Waals surface area contributed by atoms with Crippen LogP contribution in [0.25, 0.3) is 0 Å². The topological polar surface area (TPSA) is 54.4 Å². The van der Waals surface area contributed by atoms with Crippen molar-refractivity contribution in [2.45, 2.75) is 32.1 Å². The van der Waals surface area contributed by atoms with Crippen LogP contribution in [-0.2, 0) is 16.9 Å². The molecule has 1 aromatic heterocycles. The van der Waals surface area contributed by atoms with Crippen LogP contribution in [0.3, 0.4) is 0 Å². The van der Waals surface area contributed by atoms with E-state index in [1.807, 2.05) is 19.2 Å². The summed E-state index contributed by atoms with van der Waals surface area (Å²) in [7, 11) is 0. The van der Waals surface area contributed by atoms with E-state index in [4.69, 9.17) is 4.74 Å². The standard InChI is InChI=1S/C16H21FN2O2S/c1-16(2,15-18-7-8-22-15)19-9-13(20)11-21-10-12-5-3-4-6-14(12)17/h3-8,13,19-20H,9-11H2,1-2H3. The maximum Gasteiger partial charge on any atom is 0.128 e. The Morgan fingerprint density at radius 3 is 2.86 bits per heavy atom. The summed E-state index contributed by atoms with van der Waals surface area (Å²) in [4.78, 5) is 4.28. The van der Waals surface area contributed by atoms with E-state index in [-0.39, 0.29) is 24.6 Å². The molecule has 0 aliphatic rings. The third-order valence-corrected chi connectivity index (χ3v) is 4.37. The number of aromatic nitrogens is 1. The molecule has 0 fully saturated rings. The molecule has 22 heavy (non-hydrogen) atoms. The van der Waals surface area contributed by atoms with Crippen LogP contribution in [0.1, 0.15) is 24.4 Å². The number of hydrogen-bond donors (Lipinski definition) is 2. The van der Waals surface area contributed by atoms with Crippen molar-refractivity contribution < 1.29 is 14.2 Å². The Kier molecular flexibility index (Phi) is 6.02. The fourth-order valence-electron chi connectivity index (χ4n) is 1.96. The van der Waals surface area contributed by atoms with Gasteiger partial charge in [0.05, 0.1) is 24.9 Å². The summed E-state index contributed by atoms with van der Waals surface area (Å²) in [6.07, 6.45) is 1.10. The van der Waals surface area contributed by atoms with E-state index in [1.165, 1.54) is 6.07 Å². The van der Waals surface area contributed by atoms with Gasteiger partial charge in [-0.25, -0.2) is 9.37 Å². The monoisotopic (exact) mass is 324 g/mol. The Morgan fingerprint density at radius 1 is 1.41 bits per heavy atom. The highest BCUT2D eigenvalue weighted by atomic mass is 32.1. The molecule has 2 aromatic rings. The molecule has 1 atom stereocenters. The molecule has 0 saturated carbocycles. The van der Waals surface area contributed by atoms with Gasteiger partial charge in [-0.15, -0.1) is 11.3 Å². The minimum atomic E-state index is -0.661. The molecule has 120 valence electrons. The van der Waals surface area contributed by atoms with Gasteiger partial charge in [0.15, 0.2) is 0 Å². The van der Waals surface area contributed by atoms with Crippen molar-refractivity contribution in [3.05, 3.63) is 52.2 Å². The molecule has 0 saturated heterocycles. The number of aliphatic hydroxyl groups is 1. The van der Waals surface area contributed by atoms with Crippen molar-refractivity contribution in [1.29, 1.82) is 0 Å². The minimum Gasteiger partial charge on any atom is -0.389 e. The lowest BCUT2D eigenvalue weighted by Gasteiger charge is -2.25. The van der Waals surface area contributed by atoms with Crippen molar-refractivity contribution in [2.24, 2.45) is 0 Å². The van der Waals surface area contributed by atoms with Gasteiger partial charge in [-0.05, 0) is 19.9 Å². The quantitative estimate of drug-likeness (QED) is 0.784. The van der Waals surface area contributed by atoms with Crippen LogP contribution in [-0.4, -0.2) is 29.3 Å². The van der Waals surface area contributed by atoms with E-state index in [0.29, 0.717) is 12.1 Å². The summed E-state index contributed by atoms with van der Waals surface area (Å²) in [6, 6.07) is 6.47. The van der Waals surface area contributed by atoms with Gasteiger partial charge in [0.25, 0.3) is 0 Å². The maximum atomic E-state index is 13.4. The van der Waals surface area contributed by atoms with Crippen molar-refractivity contribution in [3.8, 4) is 0 Å². The highest BCUT2D eigenvalue weighted by molar-refractivity contribution is 7.09. The summed E-state index contributed by atoms with van der Waals surface area (Å²) in [5.41, 5.74) is 0.187. The highest BCUT2D eigenvalue weighted by Gasteiger charge is 2.23. The van der Waals surface area contributed by atoms with Crippen LogP contribution >= 0.6 is 11.3 Å². The second-order valence-corrected chi connectivity index (χ2v) is 6.50. The van der Waals surface area contributed by atoms with Crippen molar-refractivity contribution in [3.63, 3.8) is 0 Å². The first-order valence-electron chi connectivity index (χ1n) is 7.13. The number of ether oxygens (including phenoxy) is 1. The van der Waals surface area contributed by atoms with E-state index < -0.39 is 6.10 Å². The SMILES string of the molecule is CC(C)(NCC(O)COCc1ccccc1F)c1nccs1. The molecule has 2 N–H and O–H groups in total. The summed E-state index contributed by atoms with van der Waals surface area (Å²) in [5, 5.41) is 16.1. The zero-order valence-electron chi connectivity index (χ0n) is 12.8. The second-order valence-electron chi connectivity index (χ2n) is 5.60. The van der Waals surface area contributed by atoms with E-state index in [9.17, 15) is 9.50 Å². The maximum absolute atomic E-state index is 13.4. The Hall–Kier alpha value is -1.34. The number of nitrogens with zero attached hydrogens (tertiary/aromatic N) is 1. The first kappa shape index (κ1) is 17.0. The number of benzene rings is 1. The zero-order valence-corrected chi connectivity index (χ0v) is 13.6. The van der Waals surface area contributed by atoms with Gasteiger partial charge in [-0.2, -0.15) is 0 Å². The molecule has 0 radical (unpaired) electrons. The van der Waals surface area contributed by atoms with Gasteiger partial charge in [0.2, 0.25) is 0 Å². The molecule has 0 spiro atoms. The number of rotatable bonds is 8. The molecule has 0 amide bonds. The first-order chi connectivity index (χ1) is 10.5. The molecule has 1 aromatic carbocycles. The van der Waals surface area contributed by atoms with Crippen LogP contribution < -0.4 is 5.32 Å². The van der Waals surface area contributed by atoms with E-state index in [2.05, 4.69) is 10.3 Å². The third kappa shape index (κ3) is 4.84. The fraction of sp³-hybridized carbons (Fsp3) is 0.438. The normalized spacial score (nSPS) is 13.3. The van der Waals surface area contributed by atoms with Gasteiger partial charge in [-0.3, -0.25) is 0 Å². The fourth-order valence-corrected chi connectivity index (χ4v) is 2.70. The molecule has 0 bridgehead atoms. The molecule has 1 heterocycles. The lowest BCUT2D eigenvalue weighted by molar-refractivity contribution is 0.0246. The van der Waals surface area contributed by atoms with Gasteiger partial charge in [0.1, 0.15) is 10.8 Å². The largest absolute Gasteiger partial charge is 0.389 e. The predicted octanol–water partition coefficient (Wildman–Crippen LogP) is 2.68. The van der Waals surface area contributed by atoms with Crippen LogP contribution in [0.2, 0.25) is 0 Å². The molecule has 2 rings (SSSR count). The Bertz CT molecular complexity index is 575. The zero-order chi connectivity index (χ0) is 16.0. The van der Waals surface area contributed by atoms with E-state index in [1.54, 1.807) is 35.7 Å². The summed E-state index contributed by atoms with van der Waals surface area (Å²) in [5.74, 6) is -0.292. The van der Waals surface area contributed by atoms with Crippen LogP contribution in [0.4, 0.5) is 4.39 Å². The summed E-state index contributed by atoms with van der Waals surface area (Å²) in [6.45, 7) is 4.70. The molecule has 0 aliphatic heterocycles. The van der Waals surface area contributed by atoms with E-state index in [0.717, 1.165) is 5.01 Å². The van der Waals surface area contributed by atoms with E-state index >= 15 is 0 Å². The van der Waals surface area contributed by atoms with Gasteiger partial charge < -0.3 is 15.2 Å². The van der Waals surface area contributed by atoms with Gasteiger partial charge >= 0.3 is 0 Å². The number of nitrogens with one attached hydrogen (secondary N) is 1. The number of halogens is 1. The van der Waals surface area contributed by atoms with Crippen molar-refractivity contribution in [1.82, 2.24) is 10.3 Å². The van der Waals surface area contributed by atoms with Crippen LogP contribution in [0, 0.1) is 5.82 Å². The molecule has 6 heteroatoms. The van der Waals surface area contributed by atoms with Crippen molar-refractivity contribution >= 4 is 11.3 Å². The number of thiazole rings is 1. The smallest absolute Gasteiger partial charge is 0.128 e. The molecule has 0 aliphatic carbocycles. The summed E-state index contributed by atoms with van der Waals surface area (Å²) >= 11 is 1.57.